The number of anilines is 1. The van der Waals surface area contributed by atoms with E-state index in [1.54, 1.807) is 57.2 Å². The van der Waals surface area contributed by atoms with Crippen molar-refractivity contribution in [3.63, 3.8) is 0 Å². The summed E-state index contributed by atoms with van der Waals surface area (Å²) in [7, 11) is 0. The second-order valence-electron chi connectivity index (χ2n) is 10.4. The fraction of sp³-hybridized carbons (Fsp3) is 0.379. The number of carbonyl (C=O) groups is 4. The van der Waals surface area contributed by atoms with Gasteiger partial charge in [0.2, 0.25) is 5.91 Å². The molecule has 4 rings (SSSR count). The second-order valence-corrected chi connectivity index (χ2v) is 10.4. The highest BCUT2D eigenvalue weighted by molar-refractivity contribution is 5.91. The van der Waals surface area contributed by atoms with Crippen LogP contribution in [0.15, 0.2) is 60.7 Å². The van der Waals surface area contributed by atoms with Gasteiger partial charge >= 0.3 is 18.2 Å². The van der Waals surface area contributed by atoms with Gasteiger partial charge in [0.15, 0.2) is 0 Å². The molecule has 10 nitrogen and oxygen atoms in total. The third-order valence-electron chi connectivity index (χ3n) is 6.16. The Morgan fingerprint density at radius 3 is 2.38 bits per heavy atom. The number of nitrogens with zero attached hydrogens (tertiary/aromatic N) is 2. The van der Waals surface area contributed by atoms with Crippen LogP contribution in [0.25, 0.3) is 5.57 Å². The number of nitrogens with one attached hydrogen (secondary N) is 1. The fourth-order valence-corrected chi connectivity index (χ4v) is 4.29. The number of cyclic esters (lactones) is 1. The van der Waals surface area contributed by atoms with Crippen molar-refractivity contribution in [1.29, 1.82) is 0 Å². The Bertz CT molecular complexity index is 1250. The van der Waals surface area contributed by atoms with E-state index in [1.165, 1.54) is 16.7 Å². The summed E-state index contributed by atoms with van der Waals surface area (Å²) in [4.78, 5) is 52.1. The number of esters is 1. The van der Waals surface area contributed by atoms with Gasteiger partial charge in [-0.05, 0) is 56.2 Å². The molecule has 2 aliphatic heterocycles. The Labute approximate surface area is 227 Å². The zero-order valence-electron chi connectivity index (χ0n) is 22.5. The Hall–Kier alpha value is -4.34. The minimum atomic E-state index is -0.686. The maximum Gasteiger partial charge on any atom is 0.414 e. The molecule has 0 spiro atoms. The molecule has 0 aliphatic carbocycles. The number of rotatable bonds is 7. The fourth-order valence-electron chi connectivity index (χ4n) is 4.29. The van der Waals surface area contributed by atoms with Gasteiger partial charge in [0.1, 0.15) is 18.3 Å². The van der Waals surface area contributed by atoms with Gasteiger partial charge in [0.05, 0.1) is 31.2 Å². The van der Waals surface area contributed by atoms with Gasteiger partial charge in [0.25, 0.3) is 0 Å². The third-order valence-corrected chi connectivity index (χ3v) is 6.16. The summed E-state index contributed by atoms with van der Waals surface area (Å²) in [6, 6.07) is 15.5. The Balaban J connectivity index is 1.47. The number of hydrogen-bond acceptors (Lipinski definition) is 7. The summed E-state index contributed by atoms with van der Waals surface area (Å²) < 4.78 is 16.5. The van der Waals surface area contributed by atoms with Crippen LogP contribution in [0.2, 0.25) is 0 Å². The van der Waals surface area contributed by atoms with Crippen LogP contribution in [-0.2, 0) is 19.0 Å². The molecule has 0 unspecified atom stereocenters. The standard InChI is InChI=1S/C29H33N3O7/c1-19(33)30-15-25-17-32(27(35)38-25)23-12-10-20(11-13-23)22-14-24(31(16-22)28(36)39-29(2,3)4)18-37-26(34)21-8-6-5-7-9-21/h5-14,24-25H,15-18H2,1-4H3,(H,30,33)/t24-,25-/m0/s1. The predicted octanol–water partition coefficient (Wildman–Crippen LogP) is 4.01. The van der Waals surface area contributed by atoms with Crippen LogP contribution in [0.5, 0.6) is 0 Å². The topological polar surface area (TPSA) is 114 Å². The zero-order valence-corrected chi connectivity index (χ0v) is 22.5. The van der Waals surface area contributed by atoms with Crippen molar-refractivity contribution in [1.82, 2.24) is 10.2 Å². The van der Waals surface area contributed by atoms with Crippen molar-refractivity contribution in [2.24, 2.45) is 0 Å². The molecular weight excluding hydrogens is 502 g/mol. The van der Waals surface area contributed by atoms with E-state index < -0.39 is 35.9 Å². The molecular formula is C29H33N3O7. The highest BCUT2D eigenvalue weighted by Crippen LogP contribution is 2.30. The van der Waals surface area contributed by atoms with E-state index in [9.17, 15) is 19.2 Å². The van der Waals surface area contributed by atoms with Crippen LogP contribution in [0.4, 0.5) is 15.3 Å². The second kappa shape index (κ2) is 11.6. The molecule has 10 heteroatoms. The van der Waals surface area contributed by atoms with E-state index in [0.717, 1.165) is 11.1 Å². The SMILES string of the molecule is CC(=O)NC[C@H]1CN(c2ccc(C3=C[C@@H](COC(=O)c4ccccc4)N(C(=O)OC(C)(C)C)C3)cc2)C(=O)O1. The maximum absolute atomic E-state index is 13.0. The summed E-state index contributed by atoms with van der Waals surface area (Å²) in [5.74, 6) is -0.660. The average molecular weight is 536 g/mol. The number of benzene rings is 2. The molecule has 3 amide bonds. The van der Waals surface area contributed by atoms with Crippen molar-refractivity contribution in [2.45, 2.75) is 45.4 Å². The first-order valence-corrected chi connectivity index (χ1v) is 12.8. The van der Waals surface area contributed by atoms with Gasteiger partial charge in [0, 0.05) is 12.6 Å². The number of amides is 3. The highest BCUT2D eigenvalue weighted by atomic mass is 16.6. The molecule has 1 fully saturated rings. The minimum absolute atomic E-state index is 0.0239. The Morgan fingerprint density at radius 2 is 1.74 bits per heavy atom. The first-order chi connectivity index (χ1) is 18.5. The van der Waals surface area contributed by atoms with E-state index in [1.807, 2.05) is 24.3 Å². The molecule has 2 aromatic carbocycles. The summed E-state index contributed by atoms with van der Waals surface area (Å²) in [6.45, 7) is 7.61. The first-order valence-electron chi connectivity index (χ1n) is 12.8. The summed E-state index contributed by atoms with van der Waals surface area (Å²) >= 11 is 0. The van der Waals surface area contributed by atoms with Crippen LogP contribution in [0.1, 0.15) is 43.6 Å². The lowest BCUT2D eigenvalue weighted by Gasteiger charge is -2.28. The van der Waals surface area contributed by atoms with Crippen molar-refractivity contribution >= 4 is 35.3 Å². The van der Waals surface area contributed by atoms with E-state index in [-0.39, 0.29) is 25.6 Å². The number of ether oxygens (including phenoxy) is 3. The molecule has 0 bridgehead atoms. The molecule has 206 valence electrons. The molecule has 0 radical (unpaired) electrons. The molecule has 2 atom stereocenters. The lowest BCUT2D eigenvalue weighted by Crippen LogP contribution is -2.42. The molecule has 0 aromatic heterocycles. The lowest BCUT2D eigenvalue weighted by atomic mass is 10.1. The molecule has 39 heavy (non-hydrogen) atoms. The van der Waals surface area contributed by atoms with Crippen molar-refractivity contribution in [2.75, 3.05) is 31.1 Å². The van der Waals surface area contributed by atoms with Crippen LogP contribution in [0, 0.1) is 0 Å². The zero-order chi connectivity index (χ0) is 28.2. The third kappa shape index (κ3) is 7.16. The average Bonchev–Trinajstić information content (AvgIpc) is 3.49. The molecule has 2 aromatic rings. The lowest BCUT2D eigenvalue weighted by molar-refractivity contribution is -0.119. The molecule has 1 saturated heterocycles. The van der Waals surface area contributed by atoms with Crippen LogP contribution in [-0.4, -0.2) is 73.0 Å². The normalized spacial score (nSPS) is 18.9. The highest BCUT2D eigenvalue weighted by Gasteiger charge is 2.35. The van der Waals surface area contributed by atoms with Gasteiger partial charge in [-0.15, -0.1) is 0 Å². The monoisotopic (exact) mass is 535 g/mol. The van der Waals surface area contributed by atoms with E-state index in [4.69, 9.17) is 14.2 Å². The summed E-state index contributed by atoms with van der Waals surface area (Å²) in [5, 5.41) is 2.66. The number of hydrogen-bond donors (Lipinski definition) is 1. The van der Waals surface area contributed by atoms with Gasteiger partial charge < -0.3 is 19.5 Å². The first kappa shape index (κ1) is 27.7. The van der Waals surface area contributed by atoms with E-state index in [0.29, 0.717) is 17.8 Å². The van der Waals surface area contributed by atoms with Gasteiger partial charge in [-0.1, -0.05) is 36.4 Å². The summed E-state index contributed by atoms with van der Waals surface area (Å²) in [5.41, 5.74) is 2.12. The van der Waals surface area contributed by atoms with Crippen molar-refractivity contribution in [3.05, 3.63) is 71.8 Å². The molecule has 0 saturated carbocycles. The maximum atomic E-state index is 13.0. The smallest absolute Gasteiger partial charge is 0.414 e. The molecule has 2 aliphatic rings. The van der Waals surface area contributed by atoms with Crippen LogP contribution in [0.3, 0.4) is 0 Å². The Kier molecular flexibility index (Phi) is 8.23. The molecule has 1 N–H and O–H groups in total. The van der Waals surface area contributed by atoms with Crippen molar-refractivity contribution in [3.8, 4) is 0 Å². The Morgan fingerprint density at radius 1 is 1.05 bits per heavy atom. The minimum Gasteiger partial charge on any atom is -0.460 e. The summed E-state index contributed by atoms with van der Waals surface area (Å²) in [6.07, 6.45) is 0.483. The van der Waals surface area contributed by atoms with E-state index >= 15 is 0 Å². The van der Waals surface area contributed by atoms with Gasteiger partial charge in [-0.2, -0.15) is 0 Å². The van der Waals surface area contributed by atoms with Gasteiger partial charge in [-0.25, -0.2) is 14.4 Å². The largest absolute Gasteiger partial charge is 0.460 e. The predicted molar refractivity (Wildman–Crippen MR) is 144 cm³/mol. The number of carbonyl (C=O) groups excluding carboxylic acids is 4. The quantitative estimate of drug-likeness (QED) is 0.421. The van der Waals surface area contributed by atoms with E-state index in [2.05, 4.69) is 5.32 Å². The van der Waals surface area contributed by atoms with Gasteiger partial charge in [-0.3, -0.25) is 14.6 Å². The molecule has 2 heterocycles. The van der Waals surface area contributed by atoms with Crippen LogP contribution >= 0.6 is 0 Å². The van der Waals surface area contributed by atoms with Crippen molar-refractivity contribution < 1.29 is 33.4 Å². The van der Waals surface area contributed by atoms with Crippen LogP contribution < -0.4 is 10.2 Å².